The Balaban J connectivity index is 2.05. The molecule has 0 unspecified atom stereocenters. The number of benzene rings is 1. The van der Waals surface area contributed by atoms with E-state index in [1.165, 1.54) is 4.90 Å². The fourth-order valence-corrected chi connectivity index (χ4v) is 2.67. The Morgan fingerprint density at radius 1 is 1.38 bits per heavy atom. The first-order valence-electron chi connectivity index (χ1n) is 7.67. The molecule has 4 nitrogen and oxygen atoms in total. The van der Waals surface area contributed by atoms with Crippen molar-refractivity contribution in [3.63, 3.8) is 0 Å². The van der Waals surface area contributed by atoms with Gasteiger partial charge in [-0.25, -0.2) is 9.69 Å². The molecule has 0 N–H and O–H groups in total. The molecule has 2 rings (SSSR count). The van der Waals surface area contributed by atoms with Gasteiger partial charge in [-0.15, -0.1) is 0 Å². The molecule has 4 heteroatoms. The summed E-state index contributed by atoms with van der Waals surface area (Å²) in [5.41, 5.74) is 0.943. The minimum absolute atomic E-state index is 0.130. The quantitative estimate of drug-likeness (QED) is 0.797. The highest BCUT2D eigenvalue weighted by Gasteiger charge is 2.38. The van der Waals surface area contributed by atoms with E-state index < -0.39 is 6.09 Å². The average Bonchev–Trinajstić information content (AvgIpc) is 2.88. The first kappa shape index (κ1) is 15.5. The van der Waals surface area contributed by atoms with Crippen LogP contribution >= 0.6 is 0 Å². The Kier molecular flexibility index (Phi) is 5.37. The largest absolute Gasteiger partial charge is 0.446 e. The van der Waals surface area contributed by atoms with Crippen LogP contribution in [0.3, 0.4) is 0 Å². The molecule has 1 heterocycles. The Labute approximate surface area is 126 Å². The SMILES string of the molecule is CCCC[C@@H](C)CC(=O)N1C(=O)OC[C@H]1c1ccccc1. The molecule has 0 radical (unpaired) electrons. The fraction of sp³-hybridized carbons (Fsp3) is 0.529. The maximum Gasteiger partial charge on any atom is 0.417 e. The predicted octanol–water partition coefficient (Wildman–Crippen LogP) is 3.92. The van der Waals surface area contributed by atoms with E-state index in [4.69, 9.17) is 4.74 Å². The Hall–Kier alpha value is -1.84. The van der Waals surface area contributed by atoms with Crippen molar-refractivity contribution >= 4 is 12.0 Å². The summed E-state index contributed by atoms with van der Waals surface area (Å²) in [4.78, 5) is 25.6. The second kappa shape index (κ2) is 7.25. The summed E-state index contributed by atoms with van der Waals surface area (Å²) in [6.07, 6.45) is 3.13. The molecule has 1 aliphatic heterocycles. The van der Waals surface area contributed by atoms with Gasteiger partial charge in [0.1, 0.15) is 12.6 Å². The molecule has 1 saturated heterocycles. The lowest BCUT2D eigenvalue weighted by Gasteiger charge is -2.21. The number of carbonyl (C=O) groups is 2. The van der Waals surface area contributed by atoms with Crippen molar-refractivity contribution in [3.8, 4) is 0 Å². The van der Waals surface area contributed by atoms with Crippen molar-refractivity contribution in [1.29, 1.82) is 0 Å². The first-order chi connectivity index (χ1) is 10.1. The van der Waals surface area contributed by atoms with Crippen LogP contribution in [0.4, 0.5) is 4.79 Å². The number of nitrogens with zero attached hydrogens (tertiary/aromatic N) is 1. The molecule has 2 amide bonds. The van der Waals surface area contributed by atoms with Crippen LogP contribution in [0.1, 0.15) is 51.1 Å². The van der Waals surface area contributed by atoms with E-state index in [1.807, 2.05) is 30.3 Å². The van der Waals surface area contributed by atoms with Gasteiger partial charge in [0, 0.05) is 6.42 Å². The van der Waals surface area contributed by atoms with Crippen molar-refractivity contribution in [1.82, 2.24) is 4.90 Å². The van der Waals surface area contributed by atoms with Crippen LogP contribution in [0.5, 0.6) is 0 Å². The van der Waals surface area contributed by atoms with Crippen LogP contribution < -0.4 is 0 Å². The summed E-state index contributed by atoms with van der Waals surface area (Å²) < 4.78 is 5.08. The molecule has 0 aromatic heterocycles. The number of cyclic esters (lactones) is 1. The fourth-order valence-electron chi connectivity index (χ4n) is 2.67. The van der Waals surface area contributed by atoms with E-state index in [2.05, 4.69) is 13.8 Å². The van der Waals surface area contributed by atoms with Crippen LogP contribution in [0.2, 0.25) is 0 Å². The number of carbonyl (C=O) groups excluding carboxylic acids is 2. The summed E-state index contributed by atoms with van der Waals surface area (Å²) in [5, 5.41) is 0. The topological polar surface area (TPSA) is 46.6 Å². The summed E-state index contributed by atoms with van der Waals surface area (Å²) in [7, 11) is 0. The lowest BCUT2D eigenvalue weighted by molar-refractivity contribution is -0.130. The minimum Gasteiger partial charge on any atom is -0.446 e. The van der Waals surface area contributed by atoms with E-state index in [9.17, 15) is 9.59 Å². The standard InChI is InChI=1S/C17H23NO3/c1-3-4-8-13(2)11-16(19)18-15(12-21-17(18)20)14-9-6-5-7-10-14/h5-7,9-10,13,15H,3-4,8,11-12H2,1-2H3/t13-,15+/m1/s1. The minimum atomic E-state index is -0.517. The van der Waals surface area contributed by atoms with Crippen LogP contribution in [0.25, 0.3) is 0 Å². The zero-order valence-electron chi connectivity index (χ0n) is 12.7. The molecule has 0 aliphatic carbocycles. The number of rotatable bonds is 6. The number of imide groups is 1. The molecule has 0 spiro atoms. The third-order valence-corrected chi connectivity index (χ3v) is 3.90. The molecule has 0 bridgehead atoms. The zero-order valence-corrected chi connectivity index (χ0v) is 12.7. The Bertz CT molecular complexity index is 486. The summed E-state index contributed by atoms with van der Waals surface area (Å²) in [6.45, 7) is 4.45. The molecule has 1 aliphatic rings. The van der Waals surface area contributed by atoms with Crippen molar-refractivity contribution in [3.05, 3.63) is 35.9 Å². The summed E-state index contributed by atoms with van der Waals surface area (Å²) >= 11 is 0. The third-order valence-electron chi connectivity index (χ3n) is 3.90. The summed E-state index contributed by atoms with van der Waals surface area (Å²) in [5.74, 6) is 0.164. The number of amides is 2. The lowest BCUT2D eigenvalue weighted by atomic mass is 9.99. The maximum atomic E-state index is 12.4. The van der Waals surface area contributed by atoms with Gasteiger partial charge in [-0.2, -0.15) is 0 Å². The second-order valence-corrected chi connectivity index (χ2v) is 5.72. The molecule has 114 valence electrons. The Morgan fingerprint density at radius 2 is 2.10 bits per heavy atom. The van der Waals surface area contributed by atoms with Crippen molar-refractivity contribution in [2.24, 2.45) is 5.92 Å². The molecule has 1 aromatic carbocycles. The maximum absolute atomic E-state index is 12.4. The van der Waals surface area contributed by atoms with Gasteiger partial charge in [-0.3, -0.25) is 4.79 Å². The zero-order chi connectivity index (χ0) is 15.2. The second-order valence-electron chi connectivity index (χ2n) is 5.72. The van der Waals surface area contributed by atoms with Gasteiger partial charge in [-0.05, 0) is 11.5 Å². The molecule has 2 atom stereocenters. The van der Waals surface area contributed by atoms with E-state index in [0.29, 0.717) is 12.3 Å². The van der Waals surface area contributed by atoms with Crippen molar-refractivity contribution < 1.29 is 14.3 Å². The number of unbranched alkanes of at least 4 members (excludes halogenated alkanes) is 1. The van der Waals surface area contributed by atoms with E-state index in [0.717, 1.165) is 24.8 Å². The molecule has 1 aromatic rings. The highest BCUT2D eigenvalue weighted by molar-refractivity contribution is 5.93. The smallest absolute Gasteiger partial charge is 0.417 e. The van der Waals surface area contributed by atoms with Crippen LogP contribution in [-0.4, -0.2) is 23.5 Å². The average molecular weight is 289 g/mol. The van der Waals surface area contributed by atoms with Crippen LogP contribution in [0, 0.1) is 5.92 Å². The van der Waals surface area contributed by atoms with E-state index in [-0.39, 0.29) is 18.6 Å². The highest BCUT2D eigenvalue weighted by atomic mass is 16.6. The Morgan fingerprint density at radius 3 is 2.76 bits per heavy atom. The first-order valence-corrected chi connectivity index (χ1v) is 7.67. The predicted molar refractivity (Wildman–Crippen MR) is 80.7 cm³/mol. The summed E-state index contributed by atoms with van der Waals surface area (Å²) in [6, 6.07) is 9.29. The van der Waals surface area contributed by atoms with Gasteiger partial charge in [0.05, 0.1) is 0 Å². The van der Waals surface area contributed by atoms with Gasteiger partial charge in [0.15, 0.2) is 0 Å². The molecule has 0 saturated carbocycles. The van der Waals surface area contributed by atoms with Gasteiger partial charge in [0.25, 0.3) is 0 Å². The lowest BCUT2D eigenvalue weighted by Crippen LogP contribution is -2.35. The monoisotopic (exact) mass is 289 g/mol. The molecule has 1 fully saturated rings. The molecule has 21 heavy (non-hydrogen) atoms. The number of hydrogen-bond donors (Lipinski definition) is 0. The van der Waals surface area contributed by atoms with E-state index in [1.54, 1.807) is 0 Å². The van der Waals surface area contributed by atoms with Gasteiger partial charge in [0.2, 0.25) is 5.91 Å². The molecular weight excluding hydrogens is 266 g/mol. The highest BCUT2D eigenvalue weighted by Crippen LogP contribution is 2.29. The van der Waals surface area contributed by atoms with Gasteiger partial charge < -0.3 is 4.74 Å². The van der Waals surface area contributed by atoms with Crippen LogP contribution in [-0.2, 0) is 9.53 Å². The third kappa shape index (κ3) is 3.84. The van der Waals surface area contributed by atoms with Crippen molar-refractivity contribution in [2.75, 3.05) is 6.61 Å². The molecular formula is C17H23NO3. The normalized spacial score (nSPS) is 19.4. The van der Waals surface area contributed by atoms with Crippen LogP contribution in [0.15, 0.2) is 30.3 Å². The number of ether oxygens (including phenoxy) is 1. The number of hydrogen-bond acceptors (Lipinski definition) is 3. The van der Waals surface area contributed by atoms with Gasteiger partial charge >= 0.3 is 6.09 Å². The van der Waals surface area contributed by atoms with Crippen molar-refractivity contribution in [2.45, 2.75) is 45.6 Å². The van der Waals surface area contributed by atoms with E-state index >= 15 is 0 Å². The van der Waals surface area contributed by atoms with Gasteiger partial charge in [-0.1, -0.05) is 63.4 Å².